The van der Waals surface area contributed by atoms with Gasteiger partial charge in [-0.2, -0.15) is 0 Å². The molecular weight excluding hydrogens is 314 g/mol. The Bertz CT molecular complexity index is 795. The predicted octanol–water partition coefficient (Wildman–Crippen LogP) is 1.92. The molecule has 2 saturated heterocycles. The molecule has 0 bridgehead atoms. The van der Waals surface area contributed by atoms with Crippen LogP contribution < -0.4 is 4.90 Å². The highest BCUT2D eigenvalue weighted by Crippen LogP contribution is 2.40. The number of aryl methyl sites for hydroxylation is 2. The van der Waals surface area contributed by atoms with Gasteiger partial charge in [-0.15, -0.1) is 0 Å². The summed E-state index contributed by atoms with van der Waals surface area (Å²) in [5.41, 5.74) is 2.85. The van der Waals surface area contributed by atoms with Gasteiger partial charge in [0.15, 0.2) is 5.65 Å². The average molecular weight is 341 g/mol. The van der Waals surface area contributed by atoms with Crippen LogP contribution in [0.25, 0.3) is 11.0 Å². The van der Waals surface area contributed by atoms with E-state index in [2.05, 4.69) is 44.8 Å². The second-order valence-corrected chi connectivity index (χ2v) is 7.91. The van der Waals surface area contributed by atoms with Crippen molar-refractivity contribution >= 4 is 16.9 Å². The minimum atomic E-state index is -0.235. The van der Waals surface area contributed by atoms with Crippen LogP contribution in [-0.4, -0.2) is 64.3 Å². The Hall–Kier alpha value is -1.79. The second kappa shape index (κ2) is 6.18. The number of aromatic nitrogens is 3. The van der Waals surface area contributed by atoms with Crippen LogP contribution in [-0.2, 0) is 0 Å². The molecule has 6 nitrogen and oxygen atoms in total. The quantitative estimate of drug-likeness (QED) is 0.855. The van der Waals surface area contributed by atoms with Gasteiger partial charge in [-0.1, -0.05) is 0 Å². The van der Waals surface area contributed by atoms with Gasteiger partial charge < -0.3 is 14.9 Å². The van der Waals surface area contributed by atoms with Gasteiger partial charge in [-0.25, -0.2) is 15.0 Å². The maximum Gasteiger partial charge on any atom is 0.165 e. The lowest BCUT2D eigenvalue weighted by molar-refractivity contribution is -0.0466. The first kappa shape index (κ1) is 16.7. The van der Waals surface area contributed by atoms with Gasteiger partial charge in [-0.05, 0) is 51.8 Å². The molecule has 2 aliphatic heterocycles. The lowest BCUT2D eigenvalue weighted by atomic mass is 9.71. The first-order valence-electron chi connectivity index (χ1n) is 9.19. The number of fused-ring (bicyclic) bond motifs is 1. The molecule has 0 saturated carbocycles. The van der Waals surface area contributed by atoms with Crippen molar-refractivity contribution in [1.29, 1.82) is 0 Å². The van der Waals surface area contributed by atoms with Crippen LogP contribution in [0.3, 0.4) is 0 Å². The number of nitrogens with zero attached hydrogens (tertiary/aromatic N) is 5. The molecule has 1 N–H and O–H groups in total. The standard InChI is InChI=1S/C19H27N5O/c1-13-9-14(2)22-17-16(13)18(21-12-20-17)24-7-4-6-19(11-24)10-23(3)8-5-15(19)25/h9,12,15,25H,4-8,10-11H2,1-3H3/t15-,19-/m0/s1. The summed E-state index contributed by atoms with van der Waals surface area (Å²) in [7, 11) is 2.16. The van der Waals surface area contributed by atoms with E-state index < -0.39 is 0 Å². The molecule has 0 unspecified atom stereocenters. The summed E-state index contributed by atoms with van der Waals surface area (Å²) in [4.78, 5) is 18.3. The van der Waals surface area contributed by atoms with E-state index in [0.717, 1.165) is 68.0 Å². The molecule has 6 heteroatoms. The molecule has 134 valence electrons. The highest BCUT2D eigenvalue weighted by Gasteiger charge is 2.45. The van der Waals surface area contributed by atoms with Gasteiger partial charge in [0.2, 0.25) is 0 Å². The first-order chi connectivity index (χ1) is 12.0. The maximum atomic E-state index is 10.8. The van der Waals surface area contributed by atoms with Crippen molar-refractivity contribution in [2.75, 3.05) is 38.1 Å². The molecule has 0 amide bonds. The molecule has 4 rings (SSSR count). The van der Waals surface area contributed by atoms with Gasteiger partial charge in [0.1, 0.15) is 12.1 Å². The Balaban J connectivity index is 1.74. The molecule has 0 aliphatic carbocycles. The smallest absolute Gasteiger partial charge is 0.165 e. The van der Waals surface area contributed by atoms with Crippen molar-refractivity contribution in [3.63, 3.8) is 0 Å². The van der Waals surface area contributed by atoms with E-state index in [4.69, 9.17) is 0 Å². The van der Waals surface area contributed by atoms with E-state index in [9.17, 15) is 5.11 Å². The van der Waals surface area contributed by atoms with Crippen LogP contribution in [0.4, 0.5) is 5.82 Å². The van der Waals surface area contributed by atoms with Gasteiger partial charge in [0, 0.05) is 37.3 Å². The number of hydrogen-bond acceptors (Lipinski definition) is 6. The van der Waals surface area contributed by atoms with Crippen molar-refractivity contribution < 1.29 is 5.11 Å². The third kappa shape index (κ3) is 2.87. The molecule has 2 atom stereocenters. The molecule has 1 spiro atoms. The fraction of sp³-hybridized carbons (Fsp3) is 0.632. The molecule has 0 aromatic carbocycles. The Labute approximate surface area is 148 Å². The fourth-order valence-corrected chi connectivity index (χ4v) is 4.74. The number of anilines is 1. The van der Waals surface area contributed by atoms with Crippen LogP contribution >= 0.6 is 0 Å². The van der Waals surface area contributed by atoms with E-state index in [1.165, 1.54) is 5.56 Å². The number of pyridine rings is 1. The number of rotatable bonds is 1. The van der Waals surface area contributed by atoms with Crippen molar-refractivity contribution in [3.8, 4) is 0 Å². The zero-order valence-electron chi connectivity index (χ0n) is 15.4. The Kier molecular flexibility index (Phi) is 4.12. The van der Waals surface area contributed by atoms with Gasteiger partial charge in [0.25, 0.3) is 0 Å². The zero-order valence-corrected chi connectivity index (χ0v) is 15.4. The molecule has 0 radical (unpaired) electrons. The highest BCUT2D eigenvalue weighted by atomic mass is 16.3. The summed E-state index contributed by atoms with van der Waals surface area (Å²) in [6.45, 7) is 7.84. The Morgan fingerprint density at radius 3 is 2.88 bits per heavy atom. The molecule has 2 aromatic rings. The van der Waals surface area contributed by atoms with Crippen molar-refractivity contribution in [2.45, 2.75) is 39.2 Å². The van der Waals surface area contributed by atoms with Gasteiger partial charge in [0.05, 0.1) is 11.5 Å². The van der Waals surface area contributed by atoms with Crippen LogP contribution in [0, 0.1) is 19.3 Å². The predicted molar refractivity (Wildman–Crippen MR) is 98.8 cm³/mol. The largest absolute Gasteiger partial charge is 0.392 e. The van der Waals surface area contributed by atoms with E-state index >= 15 is 0 Å². The summed E-state index contributed by atoms with van der Waals surface area (Å²) >= 11 is 0. The number of likely N-dealkylation sites (tertiary alicyclic amines) is 1. The third-order valence-electron chi connectivity index (χ3n) is 5.89. The summed E-state index contributed by atoms with van der Waals surface area (Å²) < 4.78 is 0. The molecular formula is C19H27N5O. The zero-order chi connectivity index (χ0) is 17.6. The second-order valence-electron chi connectivity index (χ2n) is 7.91. The van der Waals surface area contributed by atoms with Crippen molar-refractivity contribution in [2.24, 2.45) is 5.41 Å². The summed E-state index contributed by atoms with van der Waals surface area (Å²) in [6, 6.07) is 2.10. The average Bonchev–Trinajstić information content (AvgIpc) is 2.58. The van der Waals surface area contributed by atoms with Gasteiger partial charge in [-0.3, -0.25) is 0 Å². The topological polar surface area (TPSA) is 65.4 Å². The minimum Gasteiger partial charge on any atom is -0.392 e. The van der Waals surface area contributed by atoms with E-state index in [-0.39, 0.29) is 11.5 Å². The van der Waals surface area contributed by atoms with Crippen LogP contribution in [0.1, 0.15) is 30.5 Å². The monoisotopic (exact) mass is 341 g/mol. The van der Waals surface area contributed by atoms with Crippen LogP contribution in [0.5, 0.6) is 0 Å². The normalized spacial score (nSPS) is 28.0. The molecule has 25 heavy (non-hydrogen) atoms. The molecule has 4 heterocycles. The molecule has 2 aromatic heterocycles. The number of aliphatic hydroxyl groups excluding tert-OH is 1. The first-order valence-corrected chi connectivity index (χ1v) is 9.19. The van der Waals surface area contributed by atoms with E-state index in [1.807, 2.05) is 6.92 Å². The SMILES string of the molecule is Cc1cc(C)c2c(N3CCC[C@]4(CN(C)CC[C@@H]4O)C3)ncnc2n1. The van der Waals surface area contributed by atoms with Crippen LogP contribution in [0.2, 0.25) is 0 Å². The van der Waals surface area contributed by atoms with E-state index in [1.54, 1.807) is 6.33 Å². The number of piperidine rings is 2. The van der Waals surface area contributed by atoms with Gasteiger partial charge >= 0.3 is 0 Å². The number of aliphatic hydroxyl groups is 1. The summed E-state index contributed by atoms with van der Waals surface area (Å²) in [5.74, 6) is 0.967. The molecule has 2 aliphatic rings. The summed E-state index contributed by atoms with van der Waals surface area (Å²) in [5, 5.41) is 11.8. The Morgan fingerprint density at radius 2 is 2.04 bits per heavy atom. The molecule has 2 fully saturated rings. The minimum absolute atomic E-state index is 0.0610. The maximum absolute atomic E-state index is 10.8. The van der Waals surface area contributed by atoms with Crippen molar-refractivity contribution in [3.05, 3.63) is 23.7 Å². The lowest BCUT2D eigenvalue weighted by Crippen LogP contribution is -2.58. The highest BCUT2D eigenvalue weighted by molar-refractivity contribution is 5.90. The fourth-order valence-electron chi connectivity index (χ4n) is 4.74. The lowest BCUT2D eigenvalue weighted by Gasteiger charge is -2.50. The van der Waals surface area contributed by atoms with E-state index in [0.29, 0.717) is 0 Å². The van der Waals surface area contributed by atoms with Crippen molar-refractivity contribution in [1.82, 2.24) is 19.9 Å². The third-order valence-corrected chi connectivity index (χ3v) is 5.89. The summed E-state index contributed by atoms with van der Waals surface area (Å²) in [6.07, 6.45) is 4.40. The number of hydrogen-bond donors (Lipinski definition) is 1. The van der Waals surface area contributed by atoms with Crippen LogP contribution in [0.15, 0.2) is 12.4 Å². The Morgan fingerprint density at radius 1 is 1.20 bits per heavy atom.